The standard InChI is InChI=1S/C16H28BrN3/c1-8-20-12(13(17)10(2)19-20)9-11(18-7)14-15(3,4)16(14,5)6/h11,14,18H,8-9H2,1-7H3. The molecule has 1 aromatic rings. The molecule has 1 N–H and O–H groups in total. The van der Waals surface area contributed by atoms with Crippen LogP contribution in [0.25, 0.3) is 0 Å². The number of rotatable bonds is 5. The molecule has 1 saturated carbocycles. The largest absolute Gasteiger partial charge is 0.316 e. The Kier molecular flexibility index (Phi) is 4.11. The first-order chi connectivity index (χ1) is 9.18. The van der Waals surface area contributed by atoms with Crippen molar-refractivity contribution in [2.75, 3.05) is 7.05 Å². The molecule has 1 atom stereocenters. The summed E-state index contributed by atoms with van der Waals surface area (Å²) < 4.78 is 3.31. The molecule has 0 amide bonds. The highest BCUT2D eigenvalue weighted by molar-refractivity contribution is 9.10. The molecular formula is C16H28BrN3. The zero-order valence-electron chi connectivity index (χ0n) is 13.8. The first kappa shape index (κ1) is 16.0. The van der Waals surface area contributed by atoms with Crippen LogP contribution in [0.2, 0.25) is 0 Å². The molecule has 1 unspecified atom stereocenters. The lowest BCUT2D eigenvalue weighted by Crippen LogP contribution is -2.33. The van der Waals surface area contributed by atoms with Gasteiger partial charge < -0.3 is 5.32 Å². The first-order valence-electron chi connectivity index (χ1n) is 7.57. The Morgan fingerprint density at radius 1 is 1.30 bits per heavy atom. The topological polar surface area (TPSA) is 29.9 Å². The SMILES string of the molecule is CCn1nc(C)c(Br)c1CC(NC)C1C(C)(C)C1(C)C. The van der Waals surface area contributed by atoms with Gasteiger partial charge in [0.1, 0.15) is 0 Å². The maximum atomic E-state index is 4.61. The van der Waals surface area contributed by atoms with Gasteiger partial charge in [0.15, 0.2) is 0 Å². The van der Waals surface area contributed by atoms with Gasteiger partial charge in [0.2, 0.25) is 0 Å². The van der Waals surface area contributed by atoms with Crippen molar-refractivity contribution in [1.29, 1.82) is 0 Å². The van der Waals surface area contributed by atoms with E-state index in [0.717, 1.165) is 18.7 Å². The predicted octanol–water partition coefficient (Wildman–Crippen LogP) is 3.79. The quantitative estimate of drug-likeness (QED) is 0.882. The molecular weight excluding hydrogens is 314 g/mol. The molecule has 2 rings (SSSR count). The first-order valence-corrected chi connectivity index (χ1v) is 8.36. The van der Waals surface area contributed by atoms with Crippen molar-refractivity contribution in [3.63, 3.8) is 0 Å². The van der Waals surface area contributed by atoms with Crippen LogP contribution in [0.3, 0.4) is 0 Å². The van der Waals surface area contributed by atoms with E-state index < -0.39 is 0 Å². The fourth-order valence-corrected chi connectivity index (χ4v) is 4.36. The van der Waals surface area contributed by atoms with Gasteiger partial charge in [-0.15, -0.1) is 0 Å². The lowest BCUT2D eigenvalue weighted by molar-refractivity contribution is 0.409. The van der Waals surface area contributed by atoms with Gasteiger partial charge in [-0.1, -0.05) is 27.7 Å². The van der Waals surface area contributed by atoms with Crippen LogP contribution in [-0.2, 0) is 13.0 Å². The van der Waals surface area contributed by atoms with Crippen LogP contribution >= 0.6 is 15.9 Å². The summed E-state index contributed by atoms with van der Waals surface area (Å²) in [5.41, 5.74) is 3.22. The molecule has 1 aliphatic rings. The molecule has 0 spiro atoms. The van der Waals surface area contributed by atoms with Crippen molar-refractivity contribution in [2.45, 2.75) is 60.5 Å². The van der Waals surface area contributed by atoms with E-state index in [4.69, 9.17) is 0 Å². The molecule has 114 valence electrons. The molecule has 1 aromatic heterocycles. The van der Waals surface area contributed by atoms with Crippen molar-refractivity contribution >= 4 is 15.9 Å². The third-order valence-corrected chi connectivity index (χ3v) is 6.80. The lowest BCUT2D eigenvalue weighted by Gasteiger charge is -2.19. The summed E-state index contributed by atoms with van der Waals surface area (Å²) in [7, 11) is 2.09. The monoisotopic (exact) mass is 341 g/mol. The highest BCUT2D eigenvalue weighted by Gasteiger charge is 2.66. The minimum Gasteiger partial charge on any atom is -0.316 e. The summed E-state index contributed by atoms with van der Waals surface area (Å²) in [6, 6.07) is 0.498. The van der Waals surface area contributed by atoms with Crippen LogP contribution < -0.4 is 5.32 Å². The summed E-state index contributed by atoms with van der Waals surface area (Å²) in [6.45, 7) is 14.7. The number of hydrogen-bond acceptors (Lipinski definition) is 2. The highest BCUT2D eigenvalue weighted by atomic mass is 79.9. The third-order valence-electron chi connectivity index (χ3n) is 5.77. The number of halogens is 1. The van der Waals surface area contributed by atoms with Crippen LogP contribution in [0.15, 0.2) is 4.47 Å². The van der Waals surface area contributed by atoms with Gasteiger partial charge in [-0.2, -0.15) is 5.10 Å². The number of aryl methyl sites for hydroxylation is 2. The number of aromatic nitrogens is 2. The van der Waals surface area contributed by atoms with Gasteiger partial charge in [-0.3, -0.25) is 4.68 Å². The second-order valence-electron chi connectivity index (χ2n) is 7.18. The summed E-state index contributed by atoms with van der Waals surface area (Å²) in [6.07, 6.45) is 1.03. The molecule has 0 aromatic carbocycles. The number of nitrogens with one attached hydrogen (secondary N) is 1. The van der Waals surface area contributed by atoms with Crippen LogP contribution in [0.1, 0.15) is 46.0 Å². The number of nitrogens with zero attached hydrogens (tertiary/aromatic N) is 2. The maximum Gasteiger partial charge on any atom is 0.0738 e. The Morgan fingerprint density at radius 3 is 2.25 bits per heavy atom. The predicted molar refractivity (Wildman–Crippen MR) is 87.9 cm³/mol. The van der Waals surface area contributed by atoms with Gasteiger partial charge in [0.25, 0.3) is 0 Å². The van der Waals surface area contributed by atoms with Crippen molar-refractivity contribution in [1.82, 2.24) is 15.1 Å². The zero-order chi connectivity index (χ0) is 15.3. The van der Waals surface area contributed by atoms with E-state index in [1.165, 1.54) is 10.2 Å². The zero-order valence-corrected chi connectivity index (χ0v) is 15.4. The molecule has 4 heteroatoms. The van der Waals surface area contributed by atoms with Gasteiger partial charge in [0.05, 0.1) is 15.9 Å². The summed E-state index contributed by atoms with van der Waals surface area (Å²) in [4.78, 5) is 0. The maximum absolute atomic E-state index is 4.61. The molecule has 3 nitrogen and oxygen atoms in total. The molecule has 0 bridgehead atoms. The molecule has 0 radical (unpaired) electrons. The smallest absolute Gasteiger partial charge is 0.0738 e. The van der Waals surface area contributed by atoms with E-state index in [2.05, 4.69) is 79.6 Å². The Labute approximate surface area is 131 Å². The van der Waals surface area contributed by atoms with Crippen LogP contribution in [-0.4, -0.2) is 22.9 Å². The van der Waals surface area contributed by atoms with Crippen molar-refractivity contribution in [2.24, 2.45) is 16.7 Å². The normalized spacial score (nSPS) is 22.0. The molecule has 1 heterocycles. The Balaban J connectivity index is 2.25. The van der Waals surface area contributed by atoms with E-state index in [-0.39, 0.29) is 0 Å². The molecule has 0 aliphatic heterocycles. The molecule has 1 aliphatic carbocycles. The average molecular weight is 342 g/mol. The fourth-order valence-electron chi connectivity index (χ4n) is 3.91. The van der Waals surface area contributed by atoms with E-state index in [1.54, 1.807) is 0 Å². The second-order valence-corrected chi connectivity index (χ2v) is 7.98. The van der Waals surface area contributed by atoms with Gasteiger partial charge >= 0.3 is 0 Å². The second kappa shape index (κ2) is 5.13. The summed E-state index contributed by atoms with van der Waals surface area (Å²) in [5, 5.41) is 8.16. The van der Waals surface area contributed by atoms with Gasteiger partial charge in [0, 0.05) is 19.0 Å². The minimum absolute atomic E-state index is 0.402. The van der Waals surface area contributed by atoms with Crippen molar-refractivity contribution < 1.29 is 0 Å². The molecule has 0 saturated heterocycles. The van der Waals surface area contributed by atoms with E-state index in [1.807, 2.05) is 0 Å². The average Bonchev–Trinajstić information content (AvgIpc) is 2.63. The summed E-state index contributed by atoms with van der Waals surface area (Å²) >= 11 is 3.72. The Morgan fingerprint density at radius 2 is 1.85 bits per heavy atom. The van der Waals surface area contributed by atoms with Crippen molar-refractivity contribution in [3.05, 3.63) is 15.9 Å². The van der Waals surface area contributed by atoms with Gasteiger partial charge in [-0.05, 0) is 53.6 Å². The van der Waals surface area contributed by atoms with Crippen LogP contribution in [0, 0.1) is 23.7 Å². The lowest BCUT2D eigenvalue weighted by atomic mass is 9.99. The van der Waals surface area contributed by atoms with Crippen LogP contribution in [0.5, 0.6) is 0 Å². The van der Waals surface area contributed by atoms with Gasteiger partial charge in [-0.25, -0.2) is 0 Å². The molecule has 20 heavy (non-hydrogen) atoms. The number of hydrogen-bond donors (Lipinski definition) is 1. The fraction of sp³-hybridized carbons (Fsp3) is 0.812. The van der Waals surface area contributed by atoms with Crippen molar-refractivity contribution in [3.8, 4) is 0 Å². The van der Waals surface area contributed by atoms with E-state index in [9.17, 15) is 0 Å². The van der Waals surface area contributed by atoms with E-state index in [0.29, 0.717) is 22.8 Å². The minimum atomic E-state index is 0.402. The molecule has 1 fully saturated rings. The Hall–Kier alpha value is -0.350. The summed E-state index contributed by atoms with van der Waals surface area (Å²) in [5.74, 6) is 0.701. The number of likely N-dealkylation sites (N-methyl/N-ethyl adjacent to an activating group) is 1. The highest BCUT2D eigenvalue weighted by Crippen LogP contribution is 2.69. The third kappa shape index (κ3) is 2.25. The van der Waals surface area contributed by atoms with E-state index >= 15 is 0 Å². The Bertz CT molecular complexity index is 488. The van der Waals surface area contributed by atoms with Crippen LogP contribution in [0.4, 0.5) is 0 Å².